The molecule has 1 rings (SSSR count). The number of rotatable bonds is 4. The predicted octanol–water partition coefficient (Wildman–Crippen LogP) is 2.92. The molecule has 80 valence electrons. The van der Waals surface area contributed by atoms with Gasteiger partial charge < -0.3 is 0 Å². The van der Waals surface area contributed by atoms with Crippen molar-refractivity contribution in [3.05, 3.63) is 35.9 Å². The predicted molar refractivity (Wildman–Crippen MR) is 65.4 cm³/mol. The van der Waals surface area contributed by atoms with E-state index in [9.17, 15) is 0 Å². The Balaban J connectivity index is 2.73. The van der Waals surface area contributed by atoms with Crippen LogP contribution in [0.25, 0.3) is 0 Å². The van der Waals surface area contributed by atoms with E-state index in [2.05, 4.69) is 55.9 Å². The summed E-state index contributed by atoms with van der Waals surface area (Å²) < 4.78 is 0. The molecule has 0 radical (unpaired) electrons. The van der Waals surface area contributed by atoms with E-state index in [-0.39, 0.29) is 6.04 Å². The Hall–Kier alpha value is -1.26. The summed E-state index contributed by atoms with van der Waals surface area (Å²) >= 11 is 0. The molecule has 0 aliphatic carbocycles. The molecule has 0 aromatic heterocycles. The van der Waals surface area contributed by atoms with Crippen LogP contribution in [0.3, 0.4) is 0 Å². The Morgan fingerprint density at radius 2 is 1.80 bits per heavy atom. The zero-order valence-corrected chi connectivity index (χ0v) is 9.77. The molecule has 1 aromatic carbocycles. The van der Waals surface area contributed by atoms with Gasteiger partial charge in [0.05, 0.1) is 6.04 Å². The fourth-order valence-corrected chi connectivity index (χ4v) is 1.66. The normalized spacial score (nSPS) is 12.8. The largest absolute Gasteiger partial charge is 0.283 e. The lowest BCUT2D eigenvalue weighted by atomic mass is 10.1. The number of hydrogen-bond donors (Lipinski definition) is 0. The van der Waals surface area contributed by atoms with Crippen LogP contribution in [0.4, 0.5) is 0 Å². The van der Waals surface area contributed by atoms with Gasteiger partial charge in [-0.15, -0.1) is 6.42 Å². The smallest absolute Gasteiger partial charge is 0.0688 e. The van der Waals surface area contributed by atoms with Gasteiger partial charge in [-0.05, 0) is 26.3 Å². The van der Waals surface area contributed by atoms with E-state index in [0.717, 1.165) is 6.54 Å². The van der Waals surface area contributed by atoms with Crippen LogP contribution >= 0.6 is 0 Å². The van der Waals surface area contributed by atoms with Crippen molar-refractivity contribution < 1.29 is 0 Å². The minimum atomic E-state index is 0.185. The molecule has 15 heavy (non-hydrogen) atoms. The van der Waals surface area contributed by atoms with Gasteiger partial charge >= 0.3 is 0 Å². The monoisotopic (exact) mass is 201 g/mol. The van der Waals surface area contributed by atoms with Gasteiger partial charge in [0.1, 0.15) is 0 Å². The van der Waals surface area contributed by atoms with Gasteiger partial charge in [-0.3, -0.25) is 4.90 Å². The maximum absolute atomic E-state index is 5.47. The lowest BCUT2D eigenvalue weighted by Crippen LogP contribution is -2.37. The molecule has 1 nitrogen and oxygen atoms in total. The molecule has 0 heterocycles. The van der Waals surface area contributed by atoms with E-state index in [1.165, 1.54) is 5.56 Å². The summed E-state index contributed by atoms with van der Waals surface area (Å²) in [5, 5.41) is 0. The van der Waals surface area contributed by atoms with E-state index in [4.69, 9.17) is 6.42 Å². The number of benzene rings is 1. The Labute approximate surface area is 93.1 Å². The lowest BCUT2D eigenvalue weighted by Gasteiger charge is -2.29. The van der Waals surface area contributed by atoms with Crippen LogP contribution < -0.4 is 0 Å². The Morgan fingerprint density at radius 1 is 1.20 bits per heavy atom. The second-order valence-corrected chi connectivity index (χ2v) is 4.09. The Kier molecular flexibility index (Phi) is 4.39. The van der Waals surface area contributed by atoms with Gasteiger partial charge in [0.15, 0.2) is 0 Å². The third-order valence-electron chi connectivity index (χ3n) is 2.61. The summed E-state index contributed by atoms with van der Waals surface area (Å²) in [7, 11) is 0. The van der Waals surface area contributed by atoms with Crippen LogP contribution in [0.5, 0.6) is 0 Å². The molecule has 1 heteroatoms. The summed E-state index contributed by atoms with van der Waals surface area (Å²) in [6.45, 7) is 7.35. The molecule has 0 saturated carbocycles. The second kappa shape index (κ2) is 5.58. The van der Waals surface area contributed by atoms with Crippen molar-refractivity contribution in [3.8, 4) is 12.3 Å². The first kappa shape index (κ1) is 11.8. The molecule has 0 aliphatic heterocycles. The van der Waals surface area contributed by atoms with Crippen molar-refractivity contribution >= 4 is 0 Å². The van der Waals surface area contributed by atoms with Crippen molar-refractivity contribution in [2.75, 3.05) is 0 Å². The Bertz CT molecular complexity index is 321. The Morgan fingerprint density at radius 3 is 2.27 bits per heavy atom. The zero-order valence-electron chi connectivity index (χ0n) is 9.77. The summed E-state index contributed by atoms with van der Waals surface area (Å²) in [4.78, 5) is 2.31. The number of hydrogen-bond acceptors (Lipinski definition) is 1. The average Bonchev–Trinajstić information content (AvgIpc) is 2.26. The van der Waals surface area contributed by atoms with Crippen molar-refractivity contribution in [2.24, 2.45) is 0 Å². The molecule has 0 amide bonds. The van der Waals surface area contributed by atoms with E-state index >= 15 is 0 Å². The number of nitrogens with zero attached hydrogens (tertiary/aromatic N) is 1. The van der Waals surface area contributed by atoms with Crippen molar-refractivity contribution in [1.29, 1.82) is 0 Å². The minimum Gasteiger partial charge on any atom is -0.283 e. The summed E-state index contributed by atoms with van der Waals surface area (Å²) in [5.74, 6) is 2.79. The van der Waals surface area contributed by atoms with Gasteiger partial charge in [-0.2, -0.15) is 0 Å². The van der Waals surface area contributed by atoms with Gasteiger partial charge in [0, 0.05) is 12.6 Å². The molecular weight excluding hydrogens is 182 g/mol. The fraction of sp³-hybridized carbons (Fsp3) is 0.429. The van der Waals surface area contributed by atoms with Crippen molar-refractivity contribution in [2.45, 2.75) is 39.4 Å². The molecule has 1 unspecified atom stereocenters. The van der Waals surface area contributed by atoms with Gasteiger partial charge in [-0.25, -0.2) is 0 Å². The maximum Gasteiger partial charge on any atom is 0.0688 e. The van der Waals surface area contributed by atoms with Crippen LogP contribution in [0.2, 0.25) is 0 Å². The fourth-order valence-electron chi connectivity index (χ4n) is 1.66. The van der Waals surface area contributed by atoms with E-state index < -0.39 is 0 Å². The molecule has 0 saturated heterocycles. The third kappa shape index (κ3) is 3.42. The van der Waals surface area contributed by atoms with Crippen LogP contribution in [-0.4, -0.2) is 17.0 Å². The molecule has 0 fully saturated rings. The maximum atomic E-state index is 5.47. The number of terminal acetylenes is 1. The third-order valence-corrected chi connectivity index (χ3v) is 2.61. The topological polar surface area (TPSA) is 3.24 Å². The molecule has 1 atom stereocenters. The standard InChI is InChI=1S/C14H19N/c1-5-13(4)15(12(2)3)11-14-9-7-6-8-10-14/h1,6-10,12-13H,11H2,2-4H3. The highest BCUT2D eigenvalue weighted by atomic mass is 15.2. The van der Waals surface area contributed by atoms with Gasteiger partial charge in [-0.1, -0.05) is 36.3 Å². The van der Waals surface area contributed by atoms with E-state index in [1.54, 1.807) is 0 Å². The first-order valence-electron chi connectivity index (χ1n) is 5.41. The molecule has 0 aliphatic rings. The van der Waals surface area contributed by atoms with Crippen LogP contribution in [-0.2, 0) is 6.54 Å². The summed E-state index contributed by atoms with van der Waals surface area (Å²) in [6.07, 6.45) is 5.47. The second-order valence-electron chi connectivity index (χ2n) is 4.09. The lowest BCUT2D eigenvalue weighted by molar-refractivity contribution is 0.188. The van der Waals surface area contributed by atoms with Crippen LogP contribution in [0.1, 0.15) is 26.3 Å². The van der Waals surface area contributed by atoms with Crippen LogP contribution in [0, 0.1) is 12.3 Å². The van der Waals surface area contributed by atoms with Gasteiger partial charge in [0.25, 0.3) is 0 Å². The zero-order chi connectivity index (χ0) is 11.3. The molecule has 0 spiro atoms. The highest BCUT2D eigenvalue weighted by Gasteiger charge is 2.14. The molecule has 1 aromatic rings. The van der Waals surface area contributed by atoms with Crippen molar-refractivity contribution in [1.82, 2.24) is 4.90 Å². The molecule has 0 bridgehead atoms. The average molecular weight is 201 g/mol. The van der Waals surface area contributed by atoms with Gasteiger partial charge in [0.2, 0.25) is 0 Å². The summed E-state index contributed by atoms with van der Waals surface area (Å²) in [5.41, 5.74) is 1.31. The van der Waals surface area contributed by atoms with Crippen molar-refractivity contribution in [3.63, 3.8) is 0 Å². The van der Waals surface area contributed by atoms with Crippen LogP contribution in [0.15, 0.2) is 30.3 Å². The van der Waals surface area contributed by atoms with E-state index in [0.29, 0.717) is 6.04 Å². The highest BCUT2D eigenvalue weighted by Crippen LogP contribution is 2.11. The molecule has 0 N–H and O–H groups in total. The van der Waals surface area contributed by atoms with E-state index in [1.807, 2.05) is 6.07 Å². The summed E-state index contributed by atoms with van der Waals surface area (Å²) in [6, 6.07) is 11.1. The molecular formula is C14H19N. The highest BCUT2D eigenvalue weighted by molar-refractivity contribution is 5.15. The quantitative estimate of drug-likeness (QED) is 0.677. The first-order chi connectivity index (χ1) is 7.15. The SMILES string of the molecule is C#CC(C)N(Cc1ccccc1)C(C)C. The first-order valence-corrected chi connectivity index (χ1v) is 5.41. The minimum absolute atomic E-state index is 0.185.